The lowest BCUT2D eigenvalue weighted by atomic mass is 10.2. The standard InChI is InChI=1S/C9H9F5O6S/c1-3-20-7(17)4(15)5(21(2,18)19)6(16)8(10,11)9(12,13)14/h15H,3H2,1-2H3/b5-4+. The monoisotopic (exact) mass is 340 g/mol. The smallest absolute Gasteiger partial charge is 0.461 e. The third-order valence-corrected chi connectivity index (χ3v) is 3.02. The van der Waals surface area contributed by atoms with E-state index in [1.54, 1.807) is 0 Å². The molecule has 0 amide bonds. The van der Waals surface area contributed by atoms with Crippen LogP contribution >= 0.6 is 0 Å². The average Bonchev–Trinajstić information content (AvgIpc) is 2.25. The molecule has 0 spiro atoms. The summed E-state index contributed by atoms with van der Waals surface area (Å²) in [5.41, 5.74) is 0. The summed E-state index contributed by atoms with van der Waals surface area (Å²) in [6.07, 6.45) is -6.34. The topological polar surface area (TPSA) is 97.7 Å². The van der Waals surface area contributed by atoms with Gasteiger partial charge in [0.1, 0.15) is 0 Å². The Morgan fingerprint density at radius 1 is 1.14 bits per heavy atom. The molecular formula is C9H9F5O6S. The highest BCUT2D eigenvalue weighted by Crippen LogP contribution is 2.39. The number of alkyl halides is 5. The number of esters is 1. The Bertz CT molecular complexity index is 574. The number of carbonyl (C=O) groups excluding carboxylic acids is 2. The van der Waals surface area contributed by atoms with E-state index in [2.05, 4.69) is 4.74 Å². The van der Waals surface area contributed by atoms with E-state index in [0.29, 0.717) is 0 Å². The molecule has 0 aromatic carbocycles. The van der Waals surface area contributed by atoms with Crippen LogP contribution in [0.25, 0.3) is 0 Å². The highest BCUT2D eigenvalue weighted by Gasteiger charge is 2.65. The highest BCUT2D eigenvalue weighted by molar-refractivity contribution is 7.95. The van der Waals surface area contributed by atoms with Gasteiger partial charge in [-0.2, -0.15) is 22.0 Å². The number of halogens is 5. The molecule has 0 aromatic rings. The van der Waals surface area contributed by atoms with Gasteiger partial charge in [-0.05, 0) is 6.92 Å². The number of sulfone groups is 1. The van der Waals surface area contributed by atoms with E-state index in [9.17, 15) is 40.0 Å². The van der Waals surface area contributed by atoms with Crippen molar-refractivity contribution in [2.45, 2.75) is 19.0 Å². The maximum Gasteiger partial charge on any atom is 0.461 e. The summed E-state index contributed by atoms with van der Waals surface area (Å²) in [7, 11) is -5.07. The summed E-state index contributed by atoms with van der Waals surface area (Å²) in [5.74, 6) is -13.5. The van der Waals surface area contributed by atoms with E-state index in [1.165, 1.54) is 6.92 Å². The van der Waals surface area contributed by atoms with Crippen LogP contribution in [0, 0.1) is 0 Å². The second-order valence-electron chi connectivity index (χ2n) is 3.57. The molecule has 0 fully saturated rings. The van der Waals surface area contributed by atoms with Crippen LogP contribution < -0.4 is 0 Å². The number of hydrogen-bond acceptors (Lipinski definition) is 6. The molecule has 0 aromatic heterocycles. The van der Waals surface area contributed by atoms with Crippen LogP contribution in [0.1, 0.15) is 6.92 Å². The minimum absolute atomic E-state index is 0.0716. The van der Waals surface area contributed by atoms with Crippen LogP contribution in [0.3, 0.4) is 0 Å². The fourth-order valence-electron chi connectivity index (χ4n) is 1.02. The molecule has 0 radical (unpaired) electrons. The zero-order chi connectivity index (χ0) is 17.2. The quantitative estimate of drug-likeness (QED) is 0.349. The lowest BCUT2D eigenvalue weighted by Crippen LogP contribution is -2.46. The molecule has 0 aliphatic rings. The summed E-state index contributed by atoms with van der Waals surface area (Å²) >= 11 is 0. The molecule has 0 aliphatic heterocycles. The van der Waals surface area contributed by atoms with Crippen molar-refractivity contribution in [1.29, 1.82) is 0 Å². The maximum atomic E-state index is 12.9. The second-order valence-corrected chi connectivity index (χ2v) is 5.52. The van der Waals surface area contributed by atoms with Crippen LogP contribution in [0.5, 0.6) is 0 Å². The van der Waals surface area contributed by atoms with E-state index >= 15 is 0 Å². The van der Waals surface area contributed by atoms with Gasteiger partial charge in [0.2, 0.25) is 5.76 Å². The predicted octanol–water partition coefficient (Wildman–Crippen LogP) is 1.13. The van der Waals surface area contributed by atoms with Crippen LogP contribution in [0.15, 0.2) is 10.7 Å². The average molecular weight is 340 g/mol. The van der Waals surface area contributed by atoms with Crippen molar-refractivity contribution >= 4 is 21.6 Å². The van der Waals surface area contributed by atoms with Crippen molar-refractivity contribution in [3.63, 3.8) is 0 Å². The Balaban J connectivity index is 6.21. The van der Waals surface area contributed by atoms with Gasteiger partial charge in [-0.1, -0.05) is 0 Å². The van der Waals surface area contributed by atoms with Crippen LogP contribution in [-0.2, 0) is 24.2 Å². The molecule has 21 heavy (non-hydrogen) atoms. The minimum Gasteiger partial charge on any atom is -0.501 e. The number of ketones is 1. The molecule has 0 saturated carbocycles. The maximum absolute atomic E-state index is 12.9. The molecule has 0 bridgehead atoms. The fourth-order valence-corrected chi connectivity index (χ4v) is 1.91. The van der Waals surface area contributed by atoms with E-state index in [-0.39, 0.29) is 6.26 Å². The summed E-state index contributed by atoms with van der Waals surface area (Å²) < 4.78 is 88.3. The zero-order valence-electron chi connectivity index (χ0n) is 10.5. The van der Waals surface area contributed by atoms with Crippen molar-refractivity contribution in [3.8, 4) is 0 Å². The zero-order valence-corrected chi connectivity index (χ0v) is 11.3. The lowest BCUT2D eigenvalue weighted by Gasteiger charge is -2.19. The highest BCUT2D eigenvalue weighted by atomic mass is 32.2. The van der Waals surface area contributed by atoms with Gasteiger partial charge in [-0.25, -0.2) is 13.2 Å². The number of carbonyl (C=O) groups is 2. The first-order chi connectivity index (χ1) is 9.17. The number of aliphatic hydroxyl groups is 1. The summed E-state index contributed by atoms with van der Waals surface area (Å²) in [6.45, 7) is 0.723. The van der Waals surface area contributed by atoms with Crippen LogP contribution in [0.4, 0.5) is 22.0 Å². The number of allylic oxidation sites excluding steroid dienone is 1. The minimum atomic E-state index is -6.41. The van der Waals surface area contributed by atoms with Gasteiger partial charge in [0.05, 0.1) is 6.61 Å². The van der Waals surface area contributed by atoms with Crippen LogP contribution in [0.2, 0.25) is 0 Å². The molecule has 122 valence electrons. The van der Waals surface area contributed by atoms with E-state index in [0.717, 1.165) is 0 Å². The van der Waals surface area contributed by atoms with Gasteiger partial charge >= 0.3 is 18.1 Å². The second kappa shape index (κ2) is 5.95. The number of ether oxygens (including phenoxy) is 1. The molecule has 1 N–H and O–H groups in total. The Hall–Kier alpha value is -1.72. The molecule has 0 saturated heterocycles. The van der Waals surface area contributed by atoms with E-state index in [1.807, 2.05) is 0 Å². The first-order valence-electron chi connectivity index (χ1n) is 4.97. The van der Waals surface area contributed by atoms with Crippen molar-refractivity contribution in [2.24, 2.45) is 0 Å². The van der Waals surface area contributed by atoms with Crippen molar-refractivity contribution in [3.05, 3.63) is 10.7 Å². The molecular weight excluding hydrogens is 331 g/mol. The normalized spacial score (nSPS) is 14.4. The van der Waals surface area contributed by atoms with Gasteiger partial charge in [-0.3, -0.25) is 4.79 Å². The third kappa shape index (κ3) is 4.12. The van der Waals surface area contributed by atoms with Crippen molar-refractivity contribution in [2.75, 3.05) is 12.9 Å². The van der Waals surface area contributed by atoms with Crippen molar-refractivity contribution < 1.29 is 49.8 Å². The molecule has 0 aliphatic carbocycles. The number of hydrogen-bond donors (Lipinski definition) is 1. The summed E-state index contributed by atoms with van der Waals surface area (Å²) in [4.78, 5) is 19.8. The SMILES string of the molecule is CCOC(=O)/C(O)=C(/C(=O)C(F)(F)C(F)(F)F)S(C)(=O)=O. The lowest BCUT2D eigenvalue weighted by molar-refractivity contribution is -0.266. The number of aliphatic hydroxyl groups excluding tert-OH is 1. The Morgan fingerprint density at radius 3 is 1.86 bits per heavy atom. The molecule has 0 rings (SSSR count). The van der Waals surface area contributed by atoms with Gasteiger partial charge in [0, 0.05) is 6.26 Å². The van der Waals surface area contributed by atoms with E-state index < -0.39 is 51.0 Å². The first-order valence-corrected chi connectivity index (χ1v) is 6.86. The van der Waals surface area contributed by atoms with Gasteiger partial charge in [0.25, 0.3) is 5.78 Å². The van der Waals surface area contributed by atoms with Crippen molar-refractivity contribution in [1.82, 2.24) is 0 Å². The number of rotatable bonds is 5. The third-order valence-electron chi connectivity index (χ3n) is 1.90. The molecule has 0 unspecified atom stereocenters. The van der Waals surface area contributed by atoms with Gasteiger partial charge in [0.15, 0.2) is 14.7 Å². The first kappa shape index (κ1) is 19.3. The van der Waals surface area contributed by atoms with Gasteiger partial charge < -0.3 is 9.84 Å². The Morgan fingerprint density at radius 2 is 1.57 bits per heavy atom. The molecule has 12 heteroatoms. The molecule has 6 nitrogen and oxygen atoms in total. The summed E-state index contributed by atoms with van der Waals surface area (Å²) in [6, 6.07) is 0. The Kier molecular flexibility index (Phi) is 5.47. The largest absolute Gasteiger partial charge is 0.501 e. The van der Waals surface area contributed by atoms with Crippen LogP contribution in [-0.4, -0.2) is 50.2 Å². The number of Topliss-reactive ketones (excluding diaryl/α,β-unsaturated/α-hetero) is 1. The fraction of sp³-hybridized carbons (Fsp3) is 0.556. The molecule has 0 atom stereocenters. The molecule has 0 heterocycles. The predicted molar refractivity (Wildman–Crippen MR) is 57.1 cm³/mol. The Labute approximate surface area is 115 Å². The summed E-state index contributed by atoms with van der Waals surface area (Å²) in [5, 5.41) is 9.15. The van der Waals surface area contributed by atoms with E-state index in [4.69, 9.17) is 5.11 Å². The van der Waals surface area contributed by atoms with Gasteiger partial charge in [-0.15, -0.1) is 0 Å².